The number of hydrogen-bond acceptors (Lipinski definition) is 4. The van der Waals surface area contributed by atoms with Gasteiger partial charge in [-0.2, -0.15) is 0 Å². The molecule has 3 aromatic rings. The van der Waals surface area contributed by atoms with Gasteiger partial charge in [0, 0.05) is 18.6 Å². The lowest BCUT2D eigenvalue weighted by atomic mass is 10.0. The first-order valence-electron chi connectivity index (χ1n) is 7.71. The highest BCUT2D eigenvalue weighted by Gasteiger charge is 2.35. The van der Waals surface area contributed by atoms with Crippen molar-refractivity contribution in [3.05, 3.63) is 81.8 Å². The van der Waals surface area contributed by atoms with Gasteiger partial charge in [-0.3, -0.25) is 4.52 Å². The Morgan fingerprint density at radius 2 is 1.88 bits per heavy atom. The summed E-state index contributed by atoms with van der Waals surface area (Å²) in [4.78, 5) is 17.7. The maximum absolute atomic E-state index is 12.2. The smallest absolute Gasteiger partial charge is 0.387 e. The molecule has 0 aliphatic carbocycles. The van der Waals surface area contributed by atoms with E-state index in [1.54, 1.807) is 4.68 Å². The van der Waals surface area contributed by atoms with Crippen LogP contribution in [0.4, 0.5) is 0 Å². The Balaban J connectivity index is 1.67. The summed E-state index contributed by atoms with van der Waals surface area (Å²) in [6.45, 7) is 2.01. The van der Waals surface area contributed by atoms with E-state index in [2.05, 4.69) is 10.4 Å². The van der Waals surface area contributed by atoms with Crippen molar-refractivity contribution in [1.29, 1.82) is 0 Å². The van der Waals surface area contributed by atoms with Crippen molar-refractivity contribution >= 4 is 5.71 Å². The largest absolute Gasteiger partial charge is 0.437 e. The van der Waals surface area contributed by atoms with E-state index in [-0.39, 0.29) is 6.10 Å². The van der Waals surface area contributed by atoms with Crippen LogP contribution in [0.3, 0.4) is 0 Å². The van der Waals surface area contributed by atoms with Gasteiger partial charge in [0.15, 0.2) is 11.8 Å². The molecule has 2 aromatic carbocycles. The van der Waals surface area contributed by atoms with E-state index in [4.69, 9.17) is 9.36 Å². The minimum atomic E-state index is -0.466. The first-order valence-corrected chi connectivity index (χ1v) is 7.71. The molecular weight excluding hydrogens is 306 g/mol. The third-order valence-electron chi connectivity index (χ3n) is 4.05. The van der Waals surface area contributed by atoms with Crippen LogP contribution in [0.5, 0.6) is 0 Å². The van der Waals surface area contributed by atoms with E-state index in [9.17, 15) is 4.79 Å². The molecule has 4 rings (SSSR count). The van der Waals surface area contributed by atoms with E-state index in [0.29, 0.717) is 17.8 Å². The quantitative estimate of drug-likeness (QED) is 0.753. The lowest BCUT2D eigenvalue weighted by Crippen LogP contribution is -2.41. The van der Waals surface area contributed by atoms with E-state index >= 15 is 0 Å². The van der Waals surface area contributed by atoms with Crippen LogP contribution in [0, 0.1) is 6.92 Å². The normalized spacial score (nSPS) is 16.7. The zero-order valence-electron chi connectivity index (χ0n) is 13.1. The molecule has 1 aromatic heterocycles. The minimum Gasteiger partial charge on any atom is -0.387 e. The van der Waals surface area contributed by atoms with Gasteiger partial charge in [-0.15, -0.1) is 0 Å². The number of nitrogens with zero attached hydrogens (tertiary/aromatic N) is 2. The average Bonchev–Trinajstić information content (AvgIpc) is 3.23. The first kappa shape index (κ1) is 14.4. The number of rotatable bonds is 3. The molecule has 1 aliphatic rings. The molecule has 24 heavy (non-hydrogen) atoms. The van der Waals surface area contributed by atoms with Crippen molar-refractivity contribution < 1.29 is 14.0 Å². The lowest BCUT2D eigenvalue weighted by Gasteiger charge is -2.06. The number of nitrogens with one attached hydrogen (secondary N) is 1. The van der Waals surface area contributed by atoms with Gasteiger partial charge in [0.25, 0.3) is 0 Å². The number of benzene rings is 2. The summed E-state index contributed by atoms with van der Waals surface area (Å²) in [7, 11) is 0. The summed E-state index contributed by atoms with van der Waals surface area (Å²) < 4.78 is 6.57. The molecule has 6 nitrogen and oxygen atoms in total. The van der Waals surface area contributed by atoms with Crippen LogP contribution in [-0.2, 0) is 4.84 Å². The third-order valence-corrected chi connectivity index (χ3v) is 4.05. The highest BCUT2D eigenvalue weighted by molar-refractivity contribution is 5.98. The van der Waals surface area contributed by atoms with Gasteiger partial charge in [0.2, 0.25) is 5.69 Å². The van der Waals surface area contributed by atoms with Crippen molar-refractivity contribution in [3.8, 4) is 5.69 Å². The number of H-pyrrole nitrogens is 1. The number of aromatic amines is 1. The third kappa shape index (κ3) is 2.52. The Bertz CT molecular complexity index is 940. The zero-order valence-corrected chi connectivity index (χ0v) is 13.1. The highest BCUT2D eigenvalue weighted by atomic mass is 16.6. The second-order valence-corrected chi connectivity index (χ2v) is 5.75. The summed E-state index contributed by atoms with van der Waals surface area (Å²) in [6.07, 6.45) is 0.320. The van der Waals surface area contributed by atoms with Gasteiger partial charge < -0.3 is 4.84 Å². The molecule has 0 amide bonds. The van der Waals surface area contributed by atoms with Crippen LogP contribution in [0.2, 0.25) is 0 Å². The van der Waals surface area contributed by atoms with Crippen LogP contribution in [0.15, 0.2) is 69.1 Å². The van der Waals surface area contributed by atoms with E-state index in [0.717, 1.165) is 16.8 Å². The van der Waals surface area contributed by atoms with Crippen molar-refractivity contribution in [3.63, 3.8) is 0 Å². The summed E-state index contributed by atoms with van der Waals surface area (Å²) in [5, 5.41) is 6.75. The van der Waals surface area contributed by atoms with Crippen LogP contribution < -0.4 is 10.3 Å². The van der Waals surface area contributed by atoms with Crippen molar-refractivity contribution in [2.75, 3.05) is 0 Å². The maximum Gasteiger partial charge on any atom is 0.437 e. The topological polar surface area (TPSA) is 71.5 Å². The fourth-order valence-electron chi connectivity index (χ4n) is 2.76. The molecular formula is C18H16N3O3+. The van der Waals surface area contributed by atoms with Gasteiger partial charge in [-0.1, -0.05) is 53.2 Å². The molecule has 0 radical (unpaired) electrons. The first-order chi connectivity index (χ1) is 11.7. The van der Waals surface area contributed by atoms with E-state index < -0.39 is 5.63 Å². The summed E-state index contributed by atoms with van der Waals surface area (Å²) in [5.74, 6) is 0. The van der Waals surface area contributed by atoms with E-state index in [1.807, 2.05) is 61.5 Å². The molecule has 0 spiro atoms. The van der Waals surface area contributed by atoms with Gasteiger partial charge in [-0.25, -0.2) is 4.79 Å². The predicted molar refractivity (Wildman–Crippen MR) is 87.0 cm³/mol. The van der Waals surface area contributed by atoms with Crippen molar-refractivity contribution in [2.45, 2.75) is 19.4 Å². The van der Waals surface area contributed by atoms with Crippen molar-refractivity contribution in [2.24, 2.45) is 5.16 Å². The molecule has 1 aliphatic heterocycles. The number of aryl methyl sites for hydroxylation is 1. The van der Waals surface area contributed by atoms with E-state index in [1.165, 1.54) is 0 Å². The molecule has 120 valence electrons. The van der Waals surface area contributed by atoms with Crippen molar-refractivity contribution in [1.82, 2.24) is 5.27 Å². The Hall–Kier alpha value is -3.15. The molecule has 0 saturated carbocycles. The molecule has 2 heterocycles. The SMILES string of the molecule is Cc1ccc(-[n+]2[nH]oc(=O)c2C2=NOC(c3ccccc3)C2)cc1. The summed E-state index contributed by atoms with van der Waals surface area (Å²) >= 11 is 0. The zero-order chi connectivity index (χ0) is 16.5. The second kappa shape index (κ2) is 5.81. The molecule has 1 unspecified atom stereocenters. The maximum atomic E-state index is 12.2. The molecule has 1 N–H and O–H groups in total. The standard InChI is InChI=1S/C18H15N3O3/c1-12-7-9-14(10-8-12)21-17(18(22)24-20-21)15-11-16(23-19-15)13-5-3-2-4-6-13/h2-10,16H,11H2,1H3/p+1. The van der Waals surface area contributed by atoms with Crippen LogP contribution in [0.25, 0.3) is 5.69 Å². The minimum absolute atomic E-state index is 0.193. The van der Waals surface area contributed by atoms with Crippen LogP contribution >= 0.6 is 0 Å². The molecule has 0 bridgehead atoms. The number of aromatic nitrogens is 2. The lowest BCUT2D eigenvalue weighted by molar-refractivity contribution is -0.671. The Morgan fingerprint density at radius 3 is 2.62 bits per heavy atom. The second-order valence-electron chi connectivity index (χ2n) is 5.75. The monoisotopic (exact) mass is 322 g/mol. The Kier molecular flexibility index (Phi) is 3.49. The number of hydrogen-bond donors (Lipinski definition) is 1. The van der Waals surface area contributed by atoms with Gasteiger partial charge in [-0.05, 0) is 22.4 Å². The summed E-state index contributed by atoms with van der Waals surface area (Å²) in [5.41, 5.74) is 3.42. The molecule has 6 heteroatoms. The Morgan fingerprint density at radius 1 is 1.12 bits per heavy atom. The summed E-state index contributed by atoms with van der Waals surface area (Å²) in [6, 6.07) is 17.6. The predicted octanol–water partition coefficient (Wildman–Crippen LogP) is 2.42. The van der Waals surface area contributed by atoms with Crippen LogP contribution in [-0.4, -0.2) is 11.0 Å². The average molecular weight is 322 g/mol. The fraction of sp³-hybridized carbons (Fsp3) is 0.167. The van der Waals surface area contributed by atoms with Crippen LogP contribution in [0.1, 0.15) is 29.3 Å². The molecule has 0 saturated heterocycles. The fourth-order valence-corrected chi connectivity index (χ4v) is 2.76. The molecule has 1 atom stereocenters. The van der Waals surface area contributed by atoms with Gasteiger partial charge in [0.05, 0.1) is 0 Å². The Labute approximate surface area is 137 Å². The van der Waals surface area contributed by atoms with Gasteiger partial charge in [0.1, 0.15) is 0 Å². The highest BCUT2D eigenvalue weighted by Crippen LogP contribution is 2.28. The number of oxime groups is 1. The molecule has 0 fully saturated rings. The van der Waals surface area contributed by atoms with Gasteiger partial charge >= 0.3 is 11.3 Å².